The predicted octanol–water partition coefficient (Wildman–Crippen LogP) is 1.57. The van der Waals surface area contributed by atoms with Crippen molar-refractivity contribution in [3.05, 3.63) is 24.4 Å². The smallest absolute Gasteiger partial charge is 0.223 e. The van der Waals surface area contributed by atoms with E-state index in [2.05, 4.69) is 15.2 Å². The highest BCUT2D eigenvalue weighted by Gasteiger charge is 2.25. The first-order valence-corrected chi connectivity index (χ1v) is 7.47. The van der Waals surface area contributed by atoms with E-state index in [-0.39, 0.29) is 24.8 Å². The molecule has 3 heterocycles. The van der Waals surface area contributed by atoms with Crippen molar-refractivity contribution in [2.24, 2.45) is 5.92 Å². The van der Waals surface area contributed by atoms with Gasteiger partial charge in [0.05, 0.1) is 0 Å². The van der Waals surface area contributed by atoms with Crippen molar-refractivity contribution in [1.82, 2.24) is 15.2 Å². The fraction of sp³-hybridized carbons (Fsp3) is 0.600. The Bertz CT molecular complexity index is 446. The zero-order valence-corrected chi connectivity index (χ0v) is 14.2. The minimum atomic E-state index is 0. The number of carbonyl (C=O) groups excluding carboxylic acids is 1. The summed E-state index contributed by atoms with van der Waals surface area (Å²) in [6.45, 7) is 5.45. The Hall–Kier alpha value is -1.04. The zero-order valence-electron chi connectivity index (χ0n) is 12.6. The molecule has 22 heavy (non-hydrogen) atoms. The summed E-state index contributed by atoms with van der Waals surface area (Å²) in [6, 6.07) is 5.97. The van der Waals surface area contributed by atoms with Gasteiger partial charge in [-0.1, -0.05) is 6.07 Å². The quantitative estimate of drug-likeness (QED) is 0.902. The molecule has 0 spiro atoms. The fourth-order valence-electron chi connectivity index (χ4n) is 2.99. The van der Waals surface area contributed by atoms with Gasteiger partial charge in [0.1, 0.15) is 5.82 Å². The molecular weight excluding hydrogens is 323 g/mol. The maximum Gasteiger partial charge on any atom is 0.223 e. The van der Waals surface area contributed by atoms with Crippen molar-refractivity contribution < 1.29 is 4.79 Å². The molecule has 0 saturated carbocycles. The molecule has 0 aliphatic carbocycles. The summed E-state index contributed by atoms with van der Waals surface area (Å²) in [4.78, 5) is 20.9. The molecule has 1 aromatic heterocycles. The minimum absolute atomic E-state index is 0. The van der Waals surface area contributed by atoms with Crippen molar-refractivity contribution >= 4 is 36.5 Å². The van der Waals surface area contributed by atoms with Crippen LogP contribution in [0.2, 0.25) is 0 Å². The van der Waals surface area contributed by atoms with Crippen molar-refractivity contribution in [1.29, 1.82) is 0 Å². The molecule has 0 bridgehead atoms. The van der Waals surface area contributed by atoms with Gasteiger partial charge in [0.2, 0.25) is 5.91 Å². The lowest BCUT2D eigenvalue weighted by Gasteiger charge is -2.35. The van der Waals surface area contributed by atoms with E-state index in [1.807, 2.05) is 29.3 Å². The van der Waals surface area contributed by atoms with Crippen LogP contribution in [0, 0.1) is 5.92 Å². The van der Waals surface area contributed by atoms with Crippen LogP contribution >= 0.6 is 24.8 Å². The van der Waals surface area contributed by atoms with Gasteiger partial charge in [-0.15, -0.1) is 24.8 Å². The number of piperazine rings is 1. The average Bonchev–Trinajstić information content (AvgIpc) is 3.01. The largest absolute Gasteiger partial charge is 0.353 e. The number of rotatable bonds is 3. The summed E-state index contributed by atoms with van der Waals surface area (Å²) in [5, 5.41) is 3.32. The number of carbonyl (C=O) groups is 1. The zero-order chi connectivity index (χ0) is 13.8. The highest BCUT2D eigenvalue weighted by atomic mass is 35.5. The Morgan fingerprint density at radius 1 is 1.23 bits per heavy atom. The lowest BCUT2D eigenvalue weighted by atomic mass is 10.0. The number of aromatic nitrogens is 1. The van der Waals surface area contributed by atoms with Crippen LogP contribution in [0.5, 0.6) is 0 Å². The van der Waals surface area contributed by atoms with Crippen LogP contribution in [0.15, 0.2) is 24.4 Å². The topological polar surface area (TPSA) is 48.5 Å². The molecule has 2 aliphatic heterocycles. The highest BCUT2D eigenvalue weighted by Crippen LogP contribution is 2.16. The van der Waals surface area contributed by atoms with E-state index in [9.17, 15) is 4.79 Å². The van der Waals surface area contributed by atoms with Crippen LogP contribution in [-0.4, -0.2) is 55.1 Å². The van der Waals surface area contributed by atoms with Crippen molar-refractivity contribution in [2.45, 2.75) is 12.8 Å². The third kappa shape index (κ3) is 4.73. The van der Waals surface area contributed by atoms with Gasteiger partial charge in [-0.2, -0.15) is 0 Å². The molecule has 2 fully saturated rings. The van der Waals surface area contributed by atoms with E-state index in [1.165, 1.54) is 0 Å². The summed E-state index contributed by atoms with van der Waals surface area (Å²) in [7, 11) is 0. The lowest BCUT2D eigenvalue weighted by Crippen LogP contribution is -2.49. The van der Waals surface area contributed by atoms with Crippen LogP contribution < -0.4 is 10.2 Å². The summed E-state index contributed by atoms with van der Waals surface area (Å²) in [5.41, 5.74) is 0. The third-order valence-electron chi connectivity index (χ3n) is 4.23. The molecule has 124 valence electrons. The number of nitrogens with one attached hydrogen (secondary N) is 1. The number of pyridine rings is 1. The second-order valence-electron chi connectivity index (χ2n) is 5.62. The van der Waals surface area contributed by atoms with Gasteiger partial charge in [-0.05, 0) is 37.6 Å². The van der Waals surface area contributed by atoms with E-state index in [4.69, 9.17) is 0 Å². The predicted molar refractivity (Wildman–Crippen MR) is 93.1 cm³/mol. The van der Waals surface area contributed by atoms with Gasteiger partial charge in [-0.25, -0.2) is 4.98 Å². The highest BCUT2D eigenvalue weighted by molar-refractivity contribution is 5.85. The van der Waals surface area contributed by atoms with Crippen LogP contribution in [0.1, 0.15) is 12.8 Å². The first-order valence-electron chi connectivity index (χ1n) is 7.47. The number of amides is 1. The standard InChI is InChI=1S/C15H22N4O.2ClH/c20-15(11-13-4-6-16-12-13)19-9-7-18(8-10-19)14-3-1-2-5-17-14;;/h1-3,5,13,16H,4,6-12H2;2*1H. The van der Waals surface area contributed by atoms with Crippen molar-refractivity contribution in [3.8, 4) is 0 Å². The van der Waals surface area contributed by atoms with Crippen LogP contribution in [0.25, 0.3) is 0 Å². The molecule has 2 saturated heterocycles. The fourth-order valence-corrected chi connectivity index (χ4v) is 2.99. The Morgan fingerprint density at radius 3 is 2.59 bits per heavy atom. The van der Waals surface area contributed by atoms with Crippen LogP contribution in [-0.2, 0) is 4.79 Å². The molecule has 5 nitrogen and oxygen atoms in total. The van der Waals surface area contributed by atoms with Crippen LogP contribution in [0.3, 0.4) is 0 Å². The maximum atomic E-state index is 12.3. The second-order valence-corrected chi connectivity index (χ2v) is 5.62. The number of hydrogen-bond acceptors (Lipinski definition) is 4. The first-order chi connectivity index (χ1) is 9.83. The molecule has 1 unspecified atom stereocenters. The van der Waals surface area contributed by atoms with E-state index in [0.717, 1.165) is 51.5 Å². The molecule has 0 aromatic carbocycles. The molecule has 1 aromatic rings. The SMILES string of the molecule is Cl.Cl.O=C(CC1CCNC1)N1CCN(c2ccccn2)CC1. The Balaban J connectivity index is 0.00000121. The summed E-state index contributed by atoms with van der Waals surface area (Å²) < 4.78 is 0. The molecular formula is C15H24Cl2N4O. The number of halogens is 2. The van der Waals surface area contributed by atoms with E-state index in [1.54, 1.807) is 0 Å². The average molecular weight is 347 g/mol. The number of anilines is 1. The van der Waals surface area contributed by atoms with Gasteiger partial charge >= 0.3 is 0 Å². The van der Waals surface area contributed by atoms with Gasteiger partial charge in [0.25, 0.3) is 0 Å². The third-order valence-corrected chi connectivity index (χ3v) is 4.23. The van der Waals surface area contributed by atoms with Gasteiger partial charge in [0, 0.05) is 38.8 Å². The normalized spacial score (nSPS) is 21.0. The Morgan fingerprint density at radius 2 is 2.00 bits per heavy atom. The molecule has 2 aliphatic rings. The van der Waals surface area contributed by atoms with Crippen molar-refractivity contribution in [3.63, 3.8) is 0 Å². The van der Waals surface area contributed by atoms with Crippen LogP contribution in [0.4, 0.5) is 5.82 Å². The summed E-state index contributed by atoms with van der Waals surface area (Å²) in [6.07, 6.45) is 3.66. The number of hydrogen-bond donors (Lipinski definition) is 1. The Kier molecular flexibility index (Phi) is 7.93. The number of nitrogens with zero attached hydrogens (tertiary/aromatic N) is 3. The van der Waals surface area contributed by atoms with E-state index < -0.39 is 0 Å². The summed E-state index contributed by atoms with van der Waals surface area (Å²) >= 11 is 0. The van der Waals surface area contributed by atoms with Gasteiger partial charge in [0.15, 0.2) is 0 Å². The Labute approximate surface area is 144 Å². The molecule has 1 amide bonds. The molecule has 3 rings (SSSR count). The van der Waals surface area contributed by atoms with Gasteiger partial charge in [-0.3, -0.25) is 4.79 Å². The van der Waals surface area contributed by atoms with E-state index >= 15 is 0 Å². The monoisotopic (exact) mass is 346 g/mol. The molecule has 1 atom stereocenters. The summed E-state index contributed by atoms with van der Waals surface area (Å²) in [5.74, 6) is 1.87. The second kappa shape index (κ2) is 9.18. The minimum Gasteiger partial charge on any atom is -0.353 e. The van der Waals surface area contributed by atoms with Gasteiger partial charge < -0.3 is 15.1 Å². The molecule has 1 N–H and O–H groups in total. The molecule has 0 radical (unpaired) electrons. The first kappa shape index (κ1) is 19.0. The molecule has 7 heteroatoms. The lowest BCUT2D eigenvalue weighted by molar-refractivity contribution is -0.132. The van der Waals surface area contributed by atoms with E-state index in [0.29, 0.717) is 18.2 Å². The maximum absolute atomic E-state index is 12.3. The van der Waals surface area contributed by atoms with Crippen molar-refractivity contribution in [2.75, 3.05) is 44.2 Å².